The van der Waals surface area contributed by atoms with E-state index in [2.05, 4.69) is 42.4 Å². The van der Waals surface area contributed by atoms with Crippen LogP contribution in [0.2, 0.25) is 0 Å². The van der Waals surface area contributed by atoms with Crippen molar-refractivity contribution in [2.75, 3.05) is 0 Å². The predicted molar refractivity (Wildman–Crippen MR) is 74.8 cm³/mol. The van der Waals surface area contributed by atoms with Gasteiger partial charge in [-0.3, -0.25) is 0 Å². The largest absolute Gasteiger partial charge is 0.471 e. The lowest BCUT2D eigenvalue weighted by molar-refractivity contribution is -0.159. The van der Waals surface area contributed by atoms with Crippen LogP contribution in [0.3, 0.4) is 0 Å². The van der Waals surface area contributed by atoms with Crippen molar-refractivity contribution in [3.05, 3.63) is 35.7 Å². The molecule has 0 N–H and O–H groups in total. The first-order chi connectivity index (χ1) is 9.93. The molecule has 110 valence electrons. The maximum atomic E-state index is 12.4. The highest BCUT2D eigenvalue weighted by Crippen LogP contribution is 2.29. The van der Waals surface area contributed by atoms with Gasteiger partial charge >= 0.3 is 12.1 Å². The van der Waals surface area contributed by atoms with E-state index in [1.807, 2.05) is 0 Å². The summed E-state index contributed by atoms with van der Waals surface area (Å²) in [6, 6.07) is 6.69. The molecule has 2 heterocycles. The molecule has 1 aliphatic rings. The fourth-order valence-electron chi connectivity index (χ4n) is 1.79. The molecule has 3 rings (SSSR count). The van der Waals surface area contributed by atoms with Crippen LogP contribution in [0.5, 0.6) is 0 Å². The number of hydrogen-bond donors (Lipinski definition) is 0. The van der Waals surface area contributed by atoms with Gasteiger partial charge in [-0.1, -0.05) is 34.6 Å². The molecule has 5 nitrogen and oxygen atoms in total. The number of rotatable bonds is 2. The van der Waals surface area contributed by atoms with Crippen LogP contribution < -0.4 is 0 Å². The molecule has 1 aliphatic heterocycles. The Morgan fingerprint density at radius 3 is 2.33 bits per heavy atom. The Kier molecular flexibility index (Phi) is 3.59. The fraction of sp³-hybridized carbons (Fsp3) is 0.250. The number of aromatic nitrogens is 2. The molecule has 0 amide bonds. The predicted octanol–water partition coefficient (Wildman–Crippen LogP) is 3.64. The molecule has 0 radical (unpaired) electrons. The third-order valence-corrected chi connectivity index (χ3v) is 3.44. The standard InChI is InChI=1S/C12H7F3IN3O2/c13-12(14,15)11-17-10(19-21-11)7-3-1-6(2-4-7)8-5-9(16)20-18-8/h1-4,9H,5H2. The molecule has 0 aliphatic carbocycles. The molecule has 1 unspecified atom stereocenters. The van der Waals surface area contributed by atoms with Gasteiger partial charge in [-0.15, -0.1) is 0 Å². The molecule has 1 aromatic heterocycles. The molecule has 0 saturated carbocycles. The third-order valence-electron chi connectivity index (χ3n) is 2.78. The zero-order valence-corrected chi connectivity index (χ0v) is 12.4. The maximum Gasteiger partial charge on any atom is 0.471 e. The lowest BCUT2D eigenvalue weighted by Crippen LogP contribution is -2.04. The molecule has 2 aromatic rings. The van der Waals surface area contributed by atoms with Gasteiger partial charge in [0.25, 0.3) is 0 Å². The van der Waals surface area contributed by atoms with Crippen LogP contribution in [0.1, 0.15) is 17.9 Å². The molecule has 0 fully saturated rings. The van der Waals surface area contributed by atoms with Crippen molar-refractivity contribution >= 4 is 28.3 Å². The van der Waals surface area contributed by atoms with E-state index in [0.29, 0.717) is 12.0 Å². The van der Waals surface area contributed by atoms with Crippen molar-refractivity contribution in [1.29, 1.82) is 0 Å². The van der Waals surface area contributed by atoms with Crippen molar-refractivity contribution in [3.63, 3.8) is 0 Å². The van der Waals surface area contributed by atoms with E-state index in [1.54, 1.807) is 24.3 Å². The van der Waals surface area contributed by atoms with E-state index in [1.165, 1.54) is 0 Å². The maximum absolute atomic E-state index is 12.4. The molecule has 0 saturated heterocycles. The number of alkyl halides is 4. The Hall–Kier alpha value is -1.65. The highest BCUT2D eigenvalue weighted by atomic mass is 127. The van der Waals surface area contributed by atoms with E-state index in [9.17, 15) is 13.2 Å². The van der Waals surface area contributed by atoms with E-state index < -0.39 is 12.1 Å². The summed E-state index contributed by atoms with van der Waals surface area (Å²) in [7, 11) is 0. The molecule has 1 atom stereocenters. The minimum atomic E-state index is -4.64. The summed E-state index contributed by atoms with van der Waals surface area (Å²) < 4.78 is 41.4. The van der Waals surface area contributed by atoms with Crippen LogP contribution in [0.15, 0.2) is 33.9 Å². The Morgan fingerprint density at radius 1 is 1.14 bits per heavy atom. The topological polar surface area (TPSA) is 60.5 Å². The second-order valence-corrected chi connectivity index (χ2v) is 5.65. The summed E-state index contributed by atoms with van der Waals surface area (Å²) in [5.74, 6) is -1.46. The molecule has 9 heteroatoms. The molecular formula is C12H7F3IN3O2. The number of hydrogen-bond acceptors (Lipinski definition) is 5. The second-order valence-electron chi connectivity index (χ2n) is 4.26. The van der Waals surface area contributed by atoms with Gasteiger partial charge in [0.2, 0.25) is 5.82 Å². The van der Waals surface area contributed by atoms with Crippen LogP contribution in [0.4, 0.5) is 13.2 Å². The summed E-state index contributed by atoms with van der Waals surface area (Å²) in [6.45, 7) is 0. The van der Waals surface area contributed by atoms with E-state index in [4.69, 9.17) is 4.84 Å². The summed E-state index contributed by atoms with van der Waals surface area (Å²) in [5.41, 5.74) is 2.08. The van der Waals surface area contributed by atoms with Gasteiger partial charge in [-0.05, 0) is 28.2 Å². The van der Waals surface area contributed by atoms with Crippen LogP contribution in [-0.2, 0) is 11.0 Å². The monoisotopic (exact) mass is 409 g/mol. The Labute approximate surface area is 130 Å². The van der Waals surface area contributed by atoms with E-state index in [-0.39, 0.29) is 9.94 Å². The van der Waals surface area contributed by atoms with Crippen LogP contribution in [0.25, 0.3) is 11.4 Å². The first-order valence-corrected chi connectivity index (χ1v) is 7.06. The smallest absolute Gasteiger partial charge is 0.381 e. The number of benzene rings is 1. The van der Waals surface area contributed by atoms with Crippen molar-refractivity contribution < 1.29 is 22.5 Å². The average molecular weight is 409 g/mol. The summed E-state index contributed by atoms with van der Waals surface area (Å²) >= 11 is 2.12. The minimum Gasteiger partial charge on any atom is -0.381 e. The van der Waals surface area contributed by atoms with Gasteiger partial charge in [-0.2, -0.15) is 18.2 Å². The molecule has 0 bridgehead atoms. The highest BCUT2D eigenvalue weighted by Gasteiger charge is 2.38. The minimum absolute atomic E-state index is 0.00354. The second kappa shape index (κ2) is 5.28. The lowest BCUT2D eigenvalue weighted by atomic mass is 10.1. The quantitative estimate of drug-likeness (QED) is 0.562. The number of halogens is 4. The SMILES string of the molecule is FC(F)(F)c1nc(-c2ccc(C3=NOC(I)C3)cc2)no1. The zero-order chi connectivity index (χ0) is 15.0. The first kappa shape index (κ1) is 14.3. The van der Waals surface area contributed by atoms with Crippen molar-refractivity contribution in [2.45, 2.75) is 16.7 Å². The summed E-state index contributed by atoms with van der Waals surface area (Å²) in [4.78, 5) is 8.42. The van der Waals surface area contributed by atoms with Crippen LogP contribution in [-0.4, -0.2) is 20.0 Å². The number of nitrogens with zero attached hydrogens (tertiary/aromatic N) is 3. The molecule has 21 heavy (non-hydrogen) atoms. The van der Waals surface area contributed by atoms with Crippen molar-refractivity contribution in [3.8, 4) is 11.4 Å². The molecule has 1 aromatic carbocycles. The average Bonchev–Trinajstić information content (AvgIpc) is 3.07. The van der Waals surface area contributed by atoms with Crippen molar-refractivity contribution in [2.24, 2.45) is 5.16 Å². The van der Waals surface area contributed by atoms with Gasteiger partial charge in [0, 0.05) is 12.0 Å². The van der Waals surface area contributed by atoms with Gasteiger partial charge in [0.05, 0.1) is 5.71 Å². The Bertz CT molecular complexity index is 682. The Morgan fingerprint density at radius 2 is 1.81 bits per heavy atom. The summed E-state index contributed by atoms with van der Waals surface area (Å²) in [5, 5.41) is 7.27. The molecular weight excluding hydrogens is 402 g/mol. The van der Waals surface area contributed by atoms with Gasteiger partial charge in [0.15, 0.2) is 4.11 Å². The Balaban J connectivity index is 1.83. The van der Waals surface area contributed by atoms with E-state index >= 15 is 0 Å². The van der Waals surface area contributed by atoms with E-state index in [0.717, 1.165) is 11.3 Å². The normalized spacial score (nSPS) is 18.5. The van der Waals surface area contributed by atoms with Crippen LogP contribution in [0, 0.1) is 0 Å². The van der Waals surface area contributed by atoms with Crippen molar-refractivity contribution in [1.82, 2.24) is 10.1 Å². The lowest BCUT2D eigenvalue weighted by Gasteiger charge is -2.00. The molecule has 0 spiro atoms. The van der Waals surface area contributed by atoms with Gasteiger partial charge < -0.3 is 9.36 Å². The summed E-state index contributed by atoms with van der Waals surface area (Å²) in [6.07, 6.45) is -3.96. The van der Waals surface area contributed by atoms with Gasteiger partial charge in [-0.25, -0.2) is 0 Å². The zero-order valence-electron chi connectivity index (χ0n) is 10.3. The highest BCUT2D eigenvalue weighted by molar-refractivity contribution is 14.1. The number of oxime groups is 1. The third kappa shape index (κ3) is 3.01. The van der Waals surface area contributed by atoms with Crippen LogP contribution >= 0.6 is 22.6 Å². The fourth-order valence-corrected chi connectivity index (χ4v) is 2.32. The first-order valence-electron chi connectivity index (χ1n) is 5.82. The van der Waals surface area contributed by atoms with Gasteiger partial charge in [0.1, 0.15) is 0 Å².